The standard InChI is InChI=1S/C16H25BrN2S/c17-16-8-7-12(20-16)9-11-19-15-6-3-4-13(15)14-5-1-2-10-18-14/h7-8,13-15,18-19H,1-6,9-11H2. The van der Waals surface area contributed by atoms with E-state index in [1.54, 1.807) is 0 Å². The molecule has 0 bridgehead atoms. The van der Waals surface area contributed by atoms with Crippen molar-refractivity contribution in [3.8, 4) is 0 Å². The minimum atomic E-state index is 0.744. The molecule has 4 heteroatoms. The summed E-state index contributed by atoms with van der Waals surface area (Å²) >= 11 is 5.41. The van der Waals surface area contributed by atoms with Gasteiger partial charge in [0.15, 0.2) is 0 Å². The van der Waals surface area contributed by atoms with Crippen LogP contribution in [0, 0.1) is 5.92 Å². The molecule has 20 heavy (non-hydrogen) atoms. The molecule has 112 valence electrons. The van der Waals surface area contributed by atoms with Crippen molar-refractivity contribution >= 4 is 27.3 Å². The van der Waals surface area contributed by atoms with Crippen molar-refractivity contribution < 1.29 is 0 Å². The molecule has 3 unspecified atom stereocenters. The third kappa shape index (κ3) is 3.85. The Morgan fingerprint density at radius 3 is 2.90 bits per heavy atom. The first-order chi connectivity index (χ1) is 9.83. The fourth-order valence-electron chi connectivity index (χ4n) is 3.83. The molecule has 1 aromatic heterocycles. The topological polar surface area (TPSA) is 24.1 Å². The number of thiophene rings is 1. The van der Waals surface area contributed by atoms with E-state index in [0.717, 1.165) is 31.0 Å². The summed E-state index contributed by atoms with van der Waals surface area (Å²) in [7, 11) is 0. The van der Waals surface area contributed by atoms with Gasteiger partial charge in [-0.1, -0.05) is 12.8 Å². The molecule has 1 aliphatic carbocycles. The molecule has 2 aliphatic rings. The van der Waals surface area contributed by atoms with Crippen LogP contribution in [0.1, 0.15) is 43.4 Å². The number of nitrogens with one attached hydrogen (secondary N) is 2. The van der Waals surface area contributed by atoms with Crippen LogP contribution in [0.25, 0.3) is 0 Å². The Labute approximate surface area is 134 Å². The summed E-state index contributed by atoms with van der Waals surface area (Å²) in [5.41, 5.74) is 0. The smallest absolute Gasteiger partial charge is 0.0701 e. The van der Waals surface area contributed by atoms with Gasteiger partial charge in [-0.25, -0.2) is 0 Å². The molecular formula is C16H25BrN2S. The van der Waals surface area contributed by atoms with Crippen LogP contribution in [0.4, 0.5) is 0 Å². The number of piperidine rings is 1. The van der Waals surface area contributed by atoms with Crippen LogP contribution in [0.5, 0.6) is 0 Å². The van der Waals surface area contributed by atoms with Gasteiger partial charge in [-0.2, -0.15) is 0 Å². The van der Waals surface area contributed by atoms with E-state index in [1.807, 2.05) is 11.3 Å². The molecule has 0 radical (unpaired) electrons. The fraction of sp³-hybridized carbons (Fsp3) is 0.750. The van der Waals surface area contributed by atoms with Gasteiger partial charge in [-0.3, -0.25) is 0 Å². The molecule has 2 heterocycles. The summed E-state index contributed by atoms with van der Waals surface area (Å²) in [6, 6.07) is 5.92. The molecule has 1 aromatic rings. The number of rotatable bonds is 5. The monoisotopic (exact) mass is 356 g/mol. The third-order valence-corrected chi connectivity index (χ3v) is 6.52. The summed E-state index contributed by atoms with van der Waals surface area (Å²) in [6.07, 6.45) is 9.54. The molecule has 2 N–H and O–H groups in total. The van der Waals surface area contributed by atoms with E-state index in [0.29, 0.717) is 0 Å². The Morgan fingerprint density at radius 2 is 2.15 bits per heavy atom. The predicted octanol–water partition coefficient (Wildman–Crippen LogP) is 3.95. The summed E-state index contributed by atoms with van der Waals surface area (Å²) in [6.45, 7) is 2.36. The van der Waals surface area contributed by atoms with E-state index in [1.165, 1.54) is 53.7 Å². The van der Waals surface area contributed by atoms with Crippen molar-refractivity contribution in [2.45, 2.75) is 57.0 Å². The number of halogens is 1. The molecule has 3 rings (SSSR count). The highest BCUT2D eigenvalue weighted by Gasteiger charge is 2.33. The summed E-state index contributed by atoms with van der Waals surface area (Å²) in [5, 5.41) is 7.60. The Bertz CT molecular complexity index is 414. The van der Waals surface area contributed by atoms with Gasteiger partial charge in [-0.05, 0) is 72.6 Å². The molecule has 0 aromatic carbocycles. The summed E-state index contributed by atoms with van der Waals surface area (Å²) < 4.78 is 1.25. The Kier molecular flexibility index (Phi) is 5.55. The van der Waals surface area contributed by atoms with Crippen LogP contribution in [-0.4, -0.2) is 25.2 Å². The lowest BCUT2D eigenvalue weighted by atomic mass is 9.88. The van der Waals surface area contributed by atoms with Gasteiger partial charge >= 0.3 is 0 Å². The minimum Gasteiger partial charge on any atom is -0.314 e. The lowest BCUT2D eigenvalue weighted by molar-refractivity contribution is 0.258. The van der Waals surface area contributed by atoms with Crippen LogP contribution in [-0.2, 0) is 6.42 Å². The minimum absolute atomic E-state index is 0.744. The molecule has 0 amide bonds. The van der Waals surface area contributed by atoms with Crippen molar-refractivity contribution in [3.63, 3.8) is 0 Å². The van der Waals surface area contributed by atoms with Crippen LogP contribution in [0.3, 0.4) is 0 Å². The second kappa shape index (κ2) is 7.39. The lowest BCUT2D eigenvalue weighted by Crippen LogP contribution is -2.47. The van der Waals surface area contributed by atoms with E-state index in [-0.39, 0.29) is 0 Å². The molecule has 2 fully saturated rings. The highest BCUT2D eigenvalue weighted by atomic mass is 79.9. The van der Waals surface area contributed by atoms with E-state index in [4.69, 9.17) is 0 Å². The third-order valence-electron chi connectivity index (χ3n) is 4.84. The Morgan fingerprint density at radius 1 is 1.20 bits per heavy atom. The van der Waals surface area contributed by atoms with Crippen molar-refractivity contribution in [1.82, 2.24) is 10.6 Å². The van der Waals surface area contributed by atoms with Crippen molar-refractivity contribution in [2.24, 2.45) is 5.92 Å². The molecule has 3 atom stereocenters. The molecule has 2 nitrogen and oxygen atoms in total. The number of hydrogen-bond donors (Lipinski definition) is 2. The highest BCUT2D eigenvalue weighted by Crippen LogP contribution is 2.31. The largest absolute Gasteiger partial charge is 0.314 e. The zero-order chi connectivity index (χ0) is 13.8. The van der Waals surface area contributed by atoms with Gasteiger partial charge in [0.1, 0.15) is 0 Å². The van der Waals surface area contributed by atoms with Gasteiger partial charge in [0.05, 0.1) is 3.79 Å². The highest BCUT2D eigenvalue weighted by molar-refractivity contribution is 9.11. The zero-order valence-electron chi connectivity index (χ0n) is 12.0. The summed E-state index contributed by atoms with van der Waals surface area (Å²) in [4.78, 5) is 1.48. The zero-order valence-corrected chi connectivity index (χ0v) is 14.4. The van der Waals surface area contributed by atoms with Crippen LogP contribution in [0.15, 0.2) is 15.9 Å². The SMILES string of the molecule is Brc1ccc(CCNC2CCCC2C2CCCCN2)s1. The molecule has 1 aliphatic heterocycles. The predicted molar refractivity (Wildman–Crippen MR) is 90.5 cm³/mol. The van der Waals surface area contributed by atoms with E-state index in [2.05, 4.69) is 38.7 Å². The maximum absolute atomic E-state index is 3.84. The first kappa shape index (κ1) is 15.0. The maximum atomic E-state index is 3.84. The van der Waals surface area contributed by atoms with E-state index < -0.39 is 0 Å². The van der Waals surface area contributed by atoms with Crippen LogP contribution in [0.2, 0.25) is 0 Å². The average molecular weight is 357 g/mol. The summed E-state index contributed by atoms with van der Waals surface area (Å²) in [5.74, 6) is 0.866. The molecule has 1 saturated heterocycles. The van der Waals surface area contributed by atoms with Gasteiger partial charge in [-0.15, -0.1) is 11.3 Å². The average Bonchev–Trinajstić information content (AvgIpc) is 3.09. The van der Waals surface area contributed by atoms with Gasteiger partial charge in [0, 0.05) is 23.5 Å². The molecule has 1 saturated carbocycles. The van der Waals surface area contributed by atoms with Gasteiger partial charge in [0.2, 0.25) is 0 Å². The normalized spacial score (nSPS) is 30.8. The first-order valence-electron chi connectivity index (χ1n) is 8.04. The lowest BCUT2D eigenvalue weighted by Gasteiger charge is -2.33. The quantitative estimate of drug-likeness (QED) is 0.834. The van der Waals surface area contributed by atoms with Crippen LogP contribution >= 0.6 is 27.3 Å². The fourth-order valence-corrected chi connectivity index (χ4v) is 5.32. The molecular weight excluding hydrogens is 332 g/mol. The first-order valence-corrected chi connectivity index (χ1v) is 9.65. The van der Waals surface area contributed by atoms with Crippen LogP contribution < -0.4 is 10.6 Å². The maximum Gasteiger partial charge on any atom is 0.0701 e. The molecule has 0 spiro atoms. The van der Waals surface area contributed by atoms with Crippen molar-refractivity contribution in [3.05, 3.63) is 20.8 Å². The Hall–Kier alpha value is 0.1000. The van der Waals surface area contributed by atoms with Crippen molar-refractivity contribution in [1.29, 1.82) is 0 Å². The van der Waals surface area contributed by atoms with E-state index >= 15 is 0 Å². The Balaban J connectivity index is 1.46. The second-order valence-corrected chi connectivity index (χ2v) is 8.72. The van der Waals surface area contributed by atoms with Gasteiger partial charge in [0.25, 0.3) is 0 Å². The number of hydrogen-bond acceptors (Lipinski definition) is 3. The van der Waals surface area contributed by atoms with E-state index in [9.17, 15) is 0 Å². The van der Waals surface area contributed by atoms with Crippen molar-refractivity contribution in [2.75, 3.05) is 13.1 Å². The van der Waals surface area contributed by atoms with Gasteiger partial charge < -0.3 is 10.6 Å². The second-order valence-electron chi connectivity index (χ2n) is 6.17.